The number of piperazine rings is 1. The van der Waals surface area contributed by atoms with E-state index < -0.39 is 21.7 Å². The van der Waals surface area contributed by atoms with E-state index in [1.807, 2.05) is 4.90 Å². The van der Waals surface area contributed by atoms with Crippen LogP contribution in [-0.2, 0) is 10.0 Å². The normalized spacial score (nSPS) is 17.9. The maximum Gasteiger partial charge on any atom is 0.253 e. The molecular weight excluding hydrogens is 482 g/mol. The number of piperidine rings is 1. The summed E-state index contributed by atoms with van der Waals surface area (Å²) in [6, 6.07) is 8.23. The van der Waals surface area contributed by atoms with E-state index in [0.29, 0.717) is 54.7 Å². The molecule has 2 aromatic carbocycles. The van der Waals surface area contributed by atoms with Crippen LogP contribution in [0.1, 0.15) is 29.6 Å². The van der Waals surface area contributed by atoms with Crippen LogP contribution in [0.15, 0.2) is 41.3 Å². The summed E-state index contributed by atoms with van der Waals surface area (Å²) in [5.41, 5.74) is 0.586. The van der Waals surface area contributed by atoms with Crippen molar-refractivity contribution in [1.82, 2.24) is 14.2 Å². The first-order valence-corrected chi connectivity index (χ1v) is 13.5. The second-order valence-corrected chi connectivity index (χ2v) is 11.4. The molecule has 0 radical (unpaired) electrons. The van der Waals surface area contributed by atoms with Crippen molar-refractivity contribution in [2.24, 2.45) is 0 Å². The summed E-state index contributed by atoms with van der Waals surface area (Å²) in [6.07, 6.45) is 2.77. The van der Waals surface area contributed by atoms with Gasteiger partial charge in [0.1, 0.15) is 11.3 Å². The summed E-state index contributed by atoms with van der Waals surface area (Å²) < 4.78 is 55.1. The van der Waals surface area contributed by atoms with Crippen molar-refractivity contribution in [2.45, 2.75) is 24.2 Å². The zero-order valence-electron chi connectivity index (χ0n) is 18.4. The number of benzene rings is 2. The van der Waals surface area contributed by atoms with Crippen molar-refractivity contribution in [1.29, 1.82) is 0 Å². The number of sulfonamides is 1. The number of carbonyl (C=O) groups is 1. The van der Waals surface area contributed by atoms with Crippen LogP contribution in [0.4, 0.5) is 13.9 Å². The van der Waals surface area contributed by atoms with Crippen molar-refractivity contribution in [3.8, 4) is 0 Å². The largest absolute Gasteiger partial charge is 0.345 e. The summed E-state index contributed by atoms with van der Waals surface area (Å²) in [6.45, 7) is 2.97. The van der Waals surface area contributed by atoms with E-state index in [9.17, 15) is 22.0 Å². The van der Waals surface area contributed by atoms with Gasteiger partial charge in [0.2, 0.25) is 10.0 Å². The van der Waals surface area contributed by atoms with E-state index in [2.05, 4.69) is 4.98 Å². The molecule has 3 aromatic rings. The molecule has 34 heavy (non-hydrogen) atoms. The fourth-order valence-electron chi connectivity index (χ4n) is 4.39. The van der Waals surface area contributed by atoms with Gasteiger partial charge in [-0.25, -0.2) is 22.2 Å². The molecule has 0 spiro atoms. The Balaban J connectivity index is 1.24. The summed E-state index contributed by atoms with van der Waals surface area (Å²) in [5, 5.41) is 0.596. The van der Waals surface area contributed by atoms with E-state index in [0.717, 1.165) is 25.3 Å². The maximum absolute atomic E-state index is 14.0. The summed E-state index contributed by atoms with van der Waals surface area (Å²) in [4.78, 5) is 21.2. The lowest BCUT2D eigenvalue weighted by Crippen LogP contribution is -2.48. The molecular formula is C23H24F2N4O3S2. The zero-order valence-corrected chi connectivity index (χ0v) is 20.0. The number of anilines is 1. The molecule has 2 fully saturated rings. The van der Waals surface area contributed by atoms with Crippen molar-refractivity contribution in [3.63, 3.8) is 0 Å². The predicted octanol–water partition coefficient (Wildman–Crippen LogP) is 3.71. The SMILES string of the molecule is O=C(c1ccc(S(=O)(=O)N2CCCCC2)cc1)N1CCN(c2nc3c(F)cc(F)cc3s2)CC1. The monoisotopic (exact) mass is 506 g/mol. The van der Waals surface area contributed by atoms with E-state index in [-0.39, 0.29) is 16.3 Å². The van der Waals surface area contributed by atoms with Crippen LogP contribution in [0, 0.1) is 11.6 Å². The molecule has 0 atom stereocenters. The van der Waals surface area contributed by atoms with Crippen LogP contribution in [-0.4, -0.2) is 67.8 Å². The Morgan fingerprint density at radius 1 is 0.912 bits per heavy atom. The van der Waals surface area contributed by atoms with Gasteiger partial charge in [-0.15, -0.1) is 0 Å². The highest BCUT2D eigenvalue weighted by atomic mass is 32.2. The molecule has 0 N–H and O–H groups in total. The summed E-state index contributed by atoms with van der Waals surface area (Å²) >= 11 is 1.22. The fraction of sp³-hybridized carbons (Fsp3) is 0.391. The quantitative estimate of drug-likeness (QED) is 0.540. The minimum absolute atomic E-state index is 0.152. The van der Waals surface area contributed by atoms with Gasteiger partial charge < -0.3 is 9.80 Å². The number of thiazole rings is 1. The first-order valence-electron chi connectivity index (χ1n) is 11.2. The minimum Gasteiger partial charge on any atom is -0.345 e. The molecule has 0 unspecified atom stereocenters. The second-order valence-electron chi connectivity index (χ2n) is 8.50. The number of nitrogens with zero attached hydrogens (tertiary/aromatic N) is 4. The highest BCUT2D eigenvalue weighted by Crippen LogP contribution is 2.31. The molecule has 1 aromatic heterocycles. The average molecular weight is 507 g/mol. The molecule has 11 heteroatoms. The van der Waals surface area contributed by atoms with Gasteiger partial charge in [-0.1, -0.05) is 17.8 Å². The molecule has 180 valence electrons. The van der Waals surface area contributed by atoms with Crippen LogP contribution in [0.2, 0.25) is 0 Å². The lowest BCUT2D eigenvalue weighted by molar-refractivity contribution is 0.0746. The first kappa shape index (κ1) is 23.1. The molecule has 2 aliphatic rings. The Labute approximate surface area is 200 Å². The van der Waals surface area contributed by atoms with Gasteiger partial charge in [0.15, 0.2) is 10.9 Å². The standard InChI is InChI=1S/C23H24F2N4O3S2/c24-17-14-19(25)21-20(15-17)33-23(26-21)28-12-10-27(11-13-28)22(30)16-4-6-18(7-5-16)34(31,32)29-8-2-1-3-9-29/h4-7,14-15H,1-3,8-13H2. The fourth-order valence-corrected chi connectivity index (χ4v) is 6.96. The van der Waals surface area contributed by atoms with Gasteiger partial charge in [-0.2, -0.15) is 4.31 Å². The summed E-state index contributed by atoms with van der Waals surface area (Å²) in [7, 11) is -3.54. The number of halogens is 2. The van der Waals surface area contributed by atoms with Crippen molar-refractivity contribution in [2.75, 3.05) is 44.2 Å². The number of hydrogen-bond acceptors (Lipinski definition) is 6. The number of hydrogen-bond donors (Lipinski definition) is 0. The zero-order chi connectivity index (χ0) is 23.9. The number of fused-ring (bicyclic) bond motifs is 1. The van der Waals surface area contributed by atoms with Gasteiger partial charge in [0.25, 0.3) is 5.91 Å². The van der Waals surface area contributed by atoms with Crippen LogP contribution in [0.5, 0.6) is 0 Å². The Kier molecular flexibility index (Phi) is 6.26. The lowest BCUT2D eigenvalue weighted by Gasteiger charge is -2.34. The third kappa shape index (κ3) is 4.39. The lowest BCUT2D eigenvalue weighted by atomic mass is 10.2. The van der Waals surface area contributed by atoms with Crippen LogP contribution >= 0.6 is 11.3 Å². The van der Waals surface area contributed by atoms with Gasteiger partial charge in [0, 0.05) is 50.9 Å². The molecule has 0 saturated carbocycles. The highest BCUT2D eigenvalue weighted by Gasteiger charge is 2.27. The third-order valence-electron chi connectivity index (χ3n) is 6.29. The summed E-state index contributed by atoms with van der Waals surface area (Å²) in [5.74, 6) is -1.48. The molecule has 0 aliphatic carbocycles. The Bertz CT molecular complexity index is 1310. The number of amides is 1. The van der Waals surface area contributed by atoms with Crippen LogP contribution in [0.25, 0.3) is 10.2 Å². The minimum atomic E-state index is -3.54. The Morgan fingerprint density at radius 3 is 2.26 bits per heavy atom. The van der Waals surface area contributed by atoms with Crippen LogP contribution < -0.4 is 4.90 Å². The second kappa shape index (κ2) is 9.20. The Hall–Kier alpha value is -2.63. The van der Waals surface area contributed by atoms with E-state index in [4.69, 9.17) is 0 Å². The third-order valence-corrected chi connectivity index (χ3v) is 9.27. The molecule has 1 amide bonds. The van der Waals surface area contributed by atoms with E-state index in [1.165, 1.54) is 33.8 Å². The number of aromatic nitrogens is 1. The molecule has 5 rings (SSSR count). The Morgan fingerprint density at radius 2 is 1.59 bits per heavy atom. The molecule has 0 bridgehead atoms. The average Bonchev–Trinajstić information content (AvgIpc) is 3.29. The number of carbonyl (C=O) groups excluding carboxylic acids is 1. The van der Waals surface area contributed by atoms with Crippen molar-refractivity contribution < 1.29 is 22.0 Å². The van der Waals surface area contributed by atoms with E-state index >= 15 is 0 Å². The van der Waals surface area contributed by atoms with Crippen molar-refractivity contribution >= 4 is 42.6 Å². The van der Waals surface area contributed by atoms with Gasteiger partial charge in [-0.05, 0) is 43.2 Å². The molecule has 2 aliphatic heterocycles. The topological polar surface area (TPSA) is 73.8 Å². The highest BCUT2D eigenvalue weighted by molar-refractivity contribution is 7.89. The maximum atomic E-state index is 14.0. The van der Waals surface area contributed by atoms with Gasteiger partial charge >= 0.3 is 0 Å². The van der Waals surface area contributed by atoms with E-state index in [1.54, 1.807) is 17.0 Å². The van der Waals surface area contributed by atoms with Crippen molar-refractivity contribution in [3.05, 3.63) is 53.6 Å². The molecule has 7 nitrogen and oxygen atoms in total. The predicted molar refractivity (Wildman–Crippen MR) is 127 cm³/mol. The molecule has 3 heterocycles. The molecule has 2 saturated heterocycles. The van der Waals surface area contributed by atoms with Crippen LogP contribution in [0.3, 0.4) is 0 Å². The number of rotatable bonds is 4. The van der Waals surface area contributed by atoms with Gasteiger partial charge in [-0.3, -0.25) is 4.79 Å². The first-order chi connectivity index (χ1) is 16.3. The van der Waals surface area contributed by atoms with Gasteiger partial charge in [0.05, 0.1) is 9.60 Å². The smallest absolute Gasteiger partial charge is 0.253 e.